The lowest BCUT2D eigenvalue weighted by Crippen LogP contribution is -2.37. The molecular formula is C23H23NO7S2. The van der Waals surface area contributed by atoms with Gasteiger partial charge in [-0.1, -0.05) is 48.5 Å². The molecule has 3 aromatic rings. The summed E-state index contributed by atoms with van der Waals surface area (Å²) in [4.78, 5) is 10.8. The average Bonchev–Trinajstić information content (AvgIpc) is 2.82. The number of sulfone groups is 2. The summed E-state index contributed by atoms with van der Waals surface area (Å²) in [5.41, 5.74) is 0.561. The number of benzene rings is 3. The SMILES string of the molecule is COc1ccc(C[C@H](CC(S(=O)(=O)c2ccccc2)S(=O)(=O)c2ccccc2)[N+](=O)[O-])cc1. The second-order valence-corrected chi connectivity index (χ2v) is 11.9. The molecule has 0 saturated carbocycles. The second-order valence-electron chi connectivity index (χ2n) is 7.37. The van der Waals surface area contributed by atoms with E-state index in [1.54, 1.807) is 36.4 Å². The van der Waals surface area contributed by atoms with Crippen LogP contribution in [0.5, 0.6) is 5.75 Å². The molecule has 0 saturated heterocycles. The highest BCUT2D eigenvalue weighted by Crippen LogP contribution is 2.30. The highest BCUT2D eigenvalue weighted by molar-refractivity contribution is 8.09. The molecule has 0 bridgehead atoms. The fourth-order valence-corrected chi connectivity index (χ4v) is 8.08. The molecule has 0 spiro atoms. The van der Waals surface area contributed by atoms with Crippen molar-refractivity contribution in [1.82, 2.24) is 0 Å². The van der Waals surface area contributed by atoms with E-state index in [2.05, 4.69) is 0 Å². The molecule has 0 N–H and O–H groups in total. The van der Waals surface area contributed by atoms with Gasteiger partial charge < -0.3 is 4.74 Å². The third-order valence-electron chi connectivity index (χ3n) is 5.23. The van der Waals surface area contributed by atoms with Gasteiger partial charge in [-0.2, -0.15) is 0 Å². The van der Waals surface area contributed by atoms with Crippen molar-refractivity contribution >= 4 is 19.7 Å². The first-order valence-corrected chi connectivity index (χ1v) is 13.1. The summed E-state index contributed by atoms with van der Waals surface area (Å²) >= 11 is 0. The quantitative estimate of drug-likeness (QED) is 0.315. The summed E-state index contributed by atoms with van der Waals surface area (Å²) in [6.07, 6.45) is -0.838. The van der Waals surface area contributed by atoms with Crippen molar-refractivity contribution in [2.75, 3.05) is 7.11 Å². The molecule has 0 unspecified atom stereocenters. The van der Waals surface area contributed by atoms with Crippen LogP contribution in [-0.4, -0.2) is 39.5 Å². The van der Waals surface area contributed by atoms with Crippen LogP contribution >= 0.6 is 0 Å². The van der Waals surface area contributed by atoms with Crippen molar-refractivity contribution < 1.29 is 26.5 Å². The smallest absolute Gasteiger partial charge is 0.219 e. The van der Waals surface area contributed by atoms with Gasteiger partial charge in [-0.05, 0) is 42.0 Å². The molecular weight excluding hydrogens is 466 g/mol. The largest absolute Gasteiger partial charge is 0.497 e. The van der Waals surface area contributed by atoms with Gasteiger partial charge in [-0.3, -0.25) is 10.1 Å². The lowest BCUT2D eigenvalue weighted by molar-refractivity contribution is -0.522. The van der Waals surface area contributed by atoms with Crippen LogP contribution in [0.2, 0.25) is 0 Å². The molecule has 0 heterocycles. The lowest BCUT2D eigenvalue weighted by Gasteiger charge is -2.20. The molecule has 10 heteroatoms. The summed E-state index contributed by atoms with van der Waals surface area (Å²) in [7, 11) is -7.41. The van der Waals surface area contributed by atoms with E-state index < -0.39 is 41.6 Å². The van der Waals surface area contributed by atoms with Gasteiger partial charge >= 0.3 is 0 Å². The van der Waals surface area contributed by atoms with Gasteiger partial charge in [0.15, 0.2) is 24.3 Å². The Balaban J connectivity index is 2.05. The molecule has 8 nitrogen and oxygen atoms in total. The number of rotatable bonds is 10. The second kappa shape index (κ2) is 10.1. The molecule has 3 rings (SSSR count). The first-order valence-electron chi connectivity index (χ1n) is 10.0. The van der Waals surface area contributed by atoms with Crippen LogP contribution in [0.3, 0.4) is 0 Å². The van der Waals surface area contributed by atoms with E-state index in [0.29, 0.717) is 11.3 Å². The number of hydrogen-bond acceptors (Lipinski definition) is 7. The Labute approximate surface area is 192 Å². The monoisotopic (exact) mass is 489 g/mol. The molecule has 0 aliphatic heterocycles. The standard InChI is InChI=1S/C23H23NO7S2/c1-31-20-14-12-18(13-15-20)16-19(24(25)26)17-23(32(27,28)21-8-4-2-5-9-21)33(29,30)22-10-6-3-7-11-22/h2-15,19,23H,16-17H2,1H3/t19-/m1/s1. The maximum absolute atomic E-state index is 13.4. The van der Waals surface area contributed by atoms with Gasteiger partial charge in [0.1, 0.15) is 5.75 Å². The van der Waals surface area contributed by atoms with Crippen molar-refractivity contribution in [2.45, 2.75) is 33.3 Å². The lowest BCUT2D eigenvalue weighted by atomic mass is 10.0. The zero-order valence-electron chi connectivity index (χ0n) is 17.8. The Morgan fingerprint density at radius 1 is 0.788 bits per heavy atom. The highest BCUT2D eigenvalue weighted by Gasteiger charge is 2.44. The third-order valence-corrected chi connectivity index (χ3v) is 10.4. The molecule has 33 heavy (non-hydrogen) atoms. The fourth-order valence-electron chi connectivity index (χ4n) is 3.44. The zero-order chi connectivity index (χ0) is 24.1. The number of hydrogen-bond donors (Lipinski definition) is 0. The van der Waals surface area contributed by atoms with E-state index in [-0.39, 0.29) is 16.2 Å². The van der Waals surface area contributed by atoms with Crippen molar-refractivity contribution in [1.29, 1.82) is 0 Å². The van der Waals surface area contributed by atoms with Gasteiger partial charge in [0.05, 0.1) is 16.9 Å². The topological polar surface area (TPSA) is 121 Å². The maximum atomic E-state index is 13.4. The van der Waals surface area contributed by atoms with Crippen molar-refractivity contribution in [3.63, 3.8) is 0 Å². The molecule has 0 aliphatic carbocycles. The Kier molecular flexibility index (Phi) is 7.50. The normalized spacial score (nSPS) is 12.9. The van der Waals surface area contributed by atoms with Crippen LogP contribution in [0.4, 0.5) is 0 Å². The molecule has 0 fully saturated rings. The van der Waals surface area contributed by atoms with Crippen molar-refractivity contribution in [3.8, 4) is 5.75 Å². The van der Waals surface area contributed by atoms with Crippen molar-refractivity contribution in [3.05, 3.63) is 101 Å². The Morgan fingerprint density at radius 3 is 1.64 bits per heavy atom. The fraction of sp³-hybridized carbons (Fsp3) is 0.217. The molecule has 3 aromatic carbocycles. The number of nitro groups is 1. The number of nitrogens with zero attached hydrogens (tertiary/aromatic N) is 1. The van der Waals surface area contributed by atoms with Crippen LogP contribution < -0.4 is 4.74 Å². The highest BCUT2D eigenvalue weighted by atomic mass is 32.3. The summed E-state index contributed by atoms with van der Waals surface area (Å²) in [5.74, 6) is 0.563. The molecule has 1 atom stereocenters. The summed E-state index contributed by atoms with van der Waals surface area (Å²) < 4.78 is 56.8. The minimum absolute atomic E-state index is 0.137. The summed E-state index contributed by atoms with van der Waals surface area (Å²) in [6.45, 7) is 0. The summed E-state index contributed by atoms with van der Waals surface area (Å²) in [6, 6.07) is 19.3. The van der Waals surface area contributed by atoms with Gasteiger partial charge in [0.25, 0.3) is 0 Å². The van der Waals surface area contributed by atoms with E-state index >= 15 is 0 Å². The zero-order valence-corrected chi connectivity index (χ0v) is 19.4. The predicted molar refractivity (Wildman–Crippen MR) is 123 cm³/mol. The van der Waals surface area contributed by atoms with Crippen LogP contribution in [-0.2, 0) is 26.1 Å². The Hall–Kier alpha value is -3.24. The molecule has 0 radical (unpaired) electrons. The van der Waals surface area contributed by atoms with Gasteiger partial charge in [-0.15, -0.1) is 0 Å². The first-order chi connectivity index (χ1) is 15.7. The average molecular weight is 490 g/mol. The third kappa shape index (κ3) is 5.58. The van der Waals surface area contributed by atoms with E-state index in [9.17, 15) is 26.9 Å². The van der Waals surface area contributed by atoms with Gasteiger partial charge in [0, 0.05) is 17.8 Å². The molecule has 0 aromatic heterocycles. The van der Waals surface area contributed by atoms with Crippen LogP contribution in [0, 0.1) is 10.1 Å². The van der Waals surface area contributed by atoms with Gasteiger partial charge in [-0.25, -0.2) is 16.8 Å². The van der Waals surface area contributed by atoms with Gasteiger partial charge in [0.2, 0.25) is 6.04 Å². The molecule has 174 valence electrons. The van der Waals surface area contributed by atoms with Crippen LogP contribution in [0.15, 0.2) is 94.7 Å². The van der Waals surface area contributed by atoms with E-state index in [1.807, 2.05) is 0 Å². The number of methoxy groups -OCH3 is 1. The summed E-state index contributed by atoms with van der Waals surface area (Å²) in [5, 5.41) is 11.9. The predicted octanol–water partition coefficient (Wildman–Crippen LogP) is 3.55. The van der Waals surface area contributed by atoms with E-state index in [1.165, 1.54) is 55.6 Å². The minimum atomic E-state index is -4.45. The van der Waals surface area contributed by atoms with Crippen molar-refractivity contribution in [2.24, 2.45) is 0 Å². The van der Waals surface area contributed by atoms with E-state index in [4.69, 9.17) is 4.74 Å². The minimum Gasteiger partial charge on any atom is -0.497 e. The first kappa shape index (κ1) is 24.4. The maximum Gasteiger partial charge on any atom is 0.219 e. The van der Waals surface area contributed by atoms with Crippen LogP contribution in [0.1, 0.15) is 12.0 Å². The Morgan fingerprint density at radius 2 is 1.24 bits per heavy atom. The Bertz CT molecular complexity index is 1220. The molecule has 0 aliphatic rings. The van der Waals surface area contributed by atoms with E-state index in [0.717, 1.165) is 0 Å². The molecule has 0 amide bonds. The number of ether oxygens (including phenoxy) is 1. The van der Waals surface area contributed by atoms with Crippen LogP contribution in [0.25, 0.3) is 0 Å².